The molecule has 0 aromatic carbocycles. The number of nitro groups is 1. The summed E-state index contributed by atoms with van der Waals surface area (Å²) in [7, 11) is 1.87. The number of rotatable bonds is 3. The number of nitrogens with zero attached hydrogens (tertiary/aromatic N) is 1. The van der Waals surface area contributed by atoms with Crippen molar-refractivity contribution < 1.29 is 9.66 Å². The quantitative estimate of drug-likeness (QED) is 0.555. The Morgan fingerprint density at radius 3 is 2.62 bits per heavy atom. The second-order valence-electron chi connectivity index (χ2n) is 9.49. The smallest absolute Gasteiger partial charge is 0.218 e. The van der Waals surface area contributed by atoms with E-state index >= 15 is 0 Å². The molecule has 0 bridgehead atoms. The highest BCUT2D eigenvalue weighted by atomic mass is 16.6. The highest BCUT2D eigenvalue weighted by molar-refractivity contribution is 5.10. The van der Waals surface area contributed by atoms with Crippen molar-refractivity contribution in [2.24, 2.45) is 34.5 Å². The maximum Gasteiger partial charge on any atom is 0.218 e. The number of hydrogen-bond acceptors (Lipinski definition) is 3. The molecule has 0 radical (unpaired) electrons. The molecule has 0 aromatic heterocycles. The average molecular weight is 335 g/mol. The van der Waals surface area contributed by atoms with Gasteiger partial charge in [-0.05, 0) is 74.0 Å². The van der Waals surface area contributed by atoms with Gasteiger partial charge in [0.2, 0.25) is 6.04 Å². The molecule has 4 aliphatic rings. The van der Waals surface area contributed by atoms with Gasteiger partial charge in [-0.25, -0.2) is 0 Å². The molecule has 24 heavy (non-hydrogen) atoms. The van der Waals surface area contributed by atoms with Gasteiger partial charge < -0.3 is 4.74 Å². The summed E-state index contributed by atoms with van der Waals surface area (Å²) < 4.78 is 5.78. The Balaban J connectivity index is 1.65. The fourth-order valence-corrected chi connectivity index (χ4v) is 7.94. The van der Waals surface area contributed by atoms with Gasteiger partial charge in [-0.2, -0.15) is 0 Å². The lowest BCUT2D eigenvalue weighted by Gasteiger charge is -2.60. The summed E-state index contributed by atoms with van der Waals surface area (Å²) in [4.78, 5) is 11.6. The van der Waals surface area contributed by atoms with Crippen LogP contribution in [0.4, 0.5) is 0 Å². The molecule has 4 rings (SSSR count). The van der Waals surface area contributed by atoms with Crippen LogP contribution in [0.3, 0.4) is 0 Å². The molecule has 0 spiro atoms. The van der Waals surface area contributed by atoms with Gasteiger partial charge >= 0.3 is 0 Å². The molecule has 7 unspecified atom stereocenters. The molecule has 0 N–H and O–H groups in total. The zero-order chi connectivity index (χ0) is 16.9. The van der Waals surface area contributed by atoms with Crippen molar-refractivity contribution in [3.05, 3.63) is 10.1 Å². The fourth-order valence-electron chi connectivity index (χ4n) is 7.94. The maximum atomic E-state index is 11.6. The Bertz CT molecular complexity index is 505. The fraction of sp³-hybridized carbons (Fsp3) is 1.00. The van der Waals surface area contributed by atoms with Crippen LogP contribution in [0.25, 0.3) is 0 Å². The first kappa shape index (κ1) is 16.8. The summed E-state index contributed by atoms with van der Waals surface area (Å²) >= 11 is 0. The second-order valence-corrected chi connectivity index (χ2v) is 9.49. The second kappa shape index (κ2) is 5.96. The Morgan fingerprint density at radius 1 is 1.04 bits per heavy atom. The average Bonchev–Trinajstić information content (AvgIpc) is 2.92. The SMILES string of the molecule is COCC12CCCCC1CCC1C3CCC([N+](=O)[O-])C3(C)CCC12. The van der Waals surface area contributed by atoms with Gasteiger partial charge in [-0.15, -0.1) is 0 Å². The molecule has 0 aromatic rings. The van der Waals surface area contributed by atoms with Gasteiger partial charge in [0, 0.05) is 23.9 Å². The van der Waals surface area contributed by atoms with E-state index in [1.807, 2.05) is 7.11 Å². The van der Waals surface area contributed by atoms with Crippen LogP contribution in [0.5, 0.6) is 0 Å². The van der Waals surface area contributed by atoms with Gasteiger partial charge in [-0.3, -0.25) is 10.1 Å². The molecule has 7 atom stereocenters. The normalized spacial score (nSPS) is 50.7. The molecule has 0 saturated heterocycles. The van der Waals surface area contributed by atoms with Crippen molar-refractivity contribution in [2.75, 3.05) is 13.7 Å². The standard InChI is InChI=1S/C20H33NO3/c1-19-12-10-17-15(16(19)8-9-18(19)21(22)23)7-6-14-5-3-4-11-20(14,17)13-24-2/h14-18H,3-13H2,1-2H3. The van der Waals surface area contributed by atoms with E-state index < -0.39 is 0 Å². The molecule has 0 aliphatic heterocycles. The lowest BCUT2D eigenvalue weighted by Crippen LogP contribution is -2.56. The summed E-state index contributed by atoms with van der Waals surface area (Å²) in [6.07, 6.45) is 12.2. The molecule has 0 amide bonds. The topological polar surface area (TPSA) is 52.4 Å². The Kier molecular flexibility index (Phi) is 4.18. The van der Waals surface area contributed by atoms with Crippen LogP contribution in [0.2, 0.25) is 0 Å². The number of methoxy groups -OCH3 is 1. The molecule has 4 saturated carbocycles. The minimum absolute atomic E-state index is 0.0392. The zero-order valence-corrected chi connectivity index (χ0v) is 15.3. The summed E-state index contributed by atoms with van der Waals surface area (Å²) in [5, 5.41) is 11.6. The summed E-state index contributed by atoms with van der Waals surface area (Å²) in [6.45, 7) is 3.16. The van der Waals surface area contributed by atoms with E-state index in [1.54, 1.807) is 0 Å². The van der Waals surface area contributed by atoms with Crippen LogP contribution >= 0.6 is 0 Å². The number of hydrogen-bond donors (Lipinski definition) is 0. The molecule has 136 valence electrons. The third-order valence-corrected chi connectivity index (χ3v) is 8.90. The van der Waals surface area contributed by atoms with Crippen LogP contribution in [-0.4, -0.2) is 24.7 Å². The van der Waals surface area contributed by atoms with E-state index in [-0.39, 0.29) is 16.4 Å². The maximum absolute atomic E-state index is 11.6. The summed E-state index contributed by atoms with van der Waals surface area (Å²) in [5.41, 5.74) is 0.324. The molecular formula is C20H33NO3. The van der Waals surface area contributed by atoms with Gasteiger partial charge in [0.1, 0.15) is 0 Å². The number of ether oxygens (including phenoxy) is 1. The number of fused-ring (bicyclic) bond motifs is 5. The summed E-state index contributed by atoms with van der Waals surface area (Å²) in [6, 6.07) is -0.300. The first-order valence-electron chi connectivity index (χ1n) is 10.2. The highest BCUT2D eigenvalue weighted by Crippen LogP contribution is 2.66. The van der Waals surface area contributed by atoms with Crippen molar-refractivity contribution in [3.8, 4) is 0 Å². The molecule has 4 heteroatoms. The third kappa shape index (κ3) is 2.21. The van der Waals surface area contributed by atoms with Gasteiger partial charge in [0.15, 0.2) is 0 Å². The van der Waals surface area contributed by atoms with E-state index in [9.17, 15) is 10.1 Å². The summed E-state index contributed by atoms with van der Waals surface area (Å²) in [5.74, 6) is 2.87. The van der Waals surface area contributed by atoms with Gasteiger partial charge in [-0.1, -0.05) is 19.8 Å². The largest absolute Gasteiger partial charge is 0.384 e. The molecule has 4 nitrogen and oxygen atoms in total. The van der Waals surface area contributed by atoms with Crippen molar-refractivity contribution in [3.63, 3.8) is 0 Å². The van der Waals surface area contributed by atoms with Gasteiger partial charge in [0.05, 0.1) is 6.61 Å². The molecular weight excluding hydrogens is 302 g/mol. The monoisotopic (exact) mass is 335 g/mol. The van der Waals surface area contributed by atoms with Crippen LogP contribution < -0.4 is 0 Å². The van der Waals surface area contributed by atoms with Crippen LogP contribution in [0.1, 0.15) is 71.1 Å². The molecule has 4 aliphatic carbocycles. The van der Waals surface area contributed by atoms with Crippen LogP contribution in [0.15, 0.2) is 0 Å². The van der Waals surface area contributed by atoms with E-state index in [0.29, 0.717) is 17.3 Å². The molecule has 4 fully saturated rings. The van der Waals surface area contributed by atoms with E-state index in [4.69, 9.17) is 4.74 Å². The zero-order valence-electron chi connectivity index (χ0n) is 15.3. The van der Waals surface area contributed by atoms with E-state index in [1.165, 1.54) is 44.9 Å². The van der Waals surface area contributed by atoms with Crippen molar-refractivity contribution in [2.45, 2.75) is 77.2 Å². The Hall–Kier alpha value is -0.640. The Morgan fingerprint density at radius 2 is 1.88 bits per heavy atom. The van der Waals surface area contributed by atoms with Crippen molar-refractivity contribution >= 4 is 0 Å². The van der Waals surface area contributed by atoms with Crippen molar-refractivity contribution in [1.82, 2.24) is 0 Å². The van der Waals surface area contributed by atoms with E-state index in [2.05, 4.69) is 6.92 Å². The minimum atomic E-state index is -0.300. The van der Waals surface area contributed by atoms with Crippen LogP contribution in [0, 0.1) is 44.6 Å². The highest BCUT2D eigenvalue weighted by Gasteiger charge is 2.63. The van der Waals surface area contributed by atoms with Gasteiger partial charge in [0.25, 0.3) is 0 Å². The first-order valence-corrected chi connectivity index (χ1v) is 10.2. The van der Waals surface area contributed by atoms with Crippen molar-refractivity contribution in [1.29, 1.82) is 0 Å². The van der Waals surface area contributed by atoms with Crippen LogP contribution in [-0.2, 0) is 4.74 Å². The minimum Gasteiger partial charge on any atom is -0.384 e. The predicted octanol–water partition coefficient (Wildman–Crippen LogP) is 4.69. The predicted molar refractivity (Wildman–Crippen MR) is 93.3 cm³/mol. The first-order chi connectivity index (χ1) is 11.5. The van der Waals surface area contributed by atoms with E-state index in [0.717, 1.165) is 37.7 Å². The Labute approximate surface area is 145 Å². The lowest BCUT2D eigenvalue weighted by molar-refractivity contribution is -0.540. The lowest BCUT2D eigenvalue weighted by atomic mass is 9.45. The molecule has 0 heterocycles. The third-order valence-electron chi connectivity index (χ3n) is 8.90.